The highest BCUT2D eigenvalue weighted by Gasteiger charge is 2.20. The zero-order valence-corrected chi connectivity index (χ0v) is 8.91. The molecule has 0 heterocycles. The molecule has 0 bridgehead atoms. The number of hydrogen-bond acceptors (Lipinski definition) is 2. The first-order valence-corrected chi connectivity index (χ1v) is 5.66. The summed E-state index contributed by atoms with van der Waals surface area (Å²) >= 11 is 0. The fourth-order valence-corrected chi connectivity index (χ4v) is 2.04. The molecule has 1 aromatic rings. The minimum Gasteiger partial charge on any atom is -0.303 e. The van der Waals surface area contributed by atoms with Gasteiger partial charge in [-0.2, -0.15) is 0 Å². The highest BCUT2D eigenvalue weighted by Crippen LogP contribution is 2.14. The lowest BCUT2D eigenvalue weighted by molar-refractivity contribution is -0.122. The molecule has 80 valence electrons. The number of ketones is 1. The molecule has 2 rings (SSSR count). The van der Waals surface area contributed by atoms with Crippen LogP contribution < -0.4 is 5.32 Å². The third-order valence-corrected chi connectivity index (χ3v) is 2.95. The zero-order valence-electron chi connectivity index (χ0n) is 8.91. The van der Waals surface area contributed by atoms with Gasteiger partial charge in [0.25, 0.3) is 0 Å². The van der Waals surface area contributed by atoms with Gasteiger partial charge in [-0.25, -0.2) is 0 Å². The number of hydrogen-bond donors (Lipinski definition) is 1. The normalized spacial score (nSPS) is 21.6. The van der Waals surface area contributed by atoms with Crippen molar-refractivity contribution in [1.29, 1.82) is 0 Å². The fraction of sp³-hybridized carbons (Fsp3) is 0.462. The average molecular weight is 203 g/mol. The predicted molar refractivity (Wildman–Crippen MR) is 60.5 cm³/mol. The summed E-state index contributed by atoms with van der Waals surface area (Å²) in [6.45, 7) is 0.803. The maximum atomic E-state index is 11.6. The Bertz CT molecular complexity index is 321. The summed E-state index contributed by atoms with van der Waals surface area (Å²) in [5, 5.41) is 3.34. The summed E-state index contributed by atoms with van der Waals surface area (Å²) in [6.07, 6.45) is 4.01. The van der Waals surface area contributed by atoms with Gasteiger partial charge in [-0.15, -0.1) is 0 Å². The van der Waals surface area contributed by atoms with Crippen LogP contribution in [-0.4, -0.2) is 11.8 Å². The maximum Gasteiger partial charge on any atom is 0.149 e. The third-order valence-electron chi connectivity index (χ3n) is 2.95. The molecule has 1 unspecified atom stereocenters. The van der Waals surface area contributed by atoms with Crippen LogP contribution >= 0.6 is 0 Å². The monoisotopic (exact) mass is 203 g/mol. The second-order valence-electron chi connectivity index (χ2n) is 4.13. The van der Waals surface area contributed by atoms with Crippen LogP contribution in [0, 0.1) is 0 Å². The van der Waals surface area contributed by atoms with E-state index in [0.717, 1.165) is 25.8 Å². The molecule has 1 aliphatic carbocycles. The standard InChI is InChI=1S/C13H17NO/c15-13-9-5-4-8-12(13)14-10-11-6-2-1-3-7-11/h1-3,6-7,12,14H,4-5,8-10H2. The van der Waals surface area contributed by atoms with E-state index in [4.69, 9.17) is 0 Å². The number of Topliss-reactive ketones (excluding diaryl/α,β-unsaturated/α-hetero) is 1. The lowest BCUT2D eigenvalue weighted by atomic mass is 9.94. The quantitative estimate of drug-likeness (QED) is 0.816. The van der Waals surface area contributed by atoms with E-state index in [1.54, 1.807) is 0 Å². The van der Waals surface area contributed by atoms with E-state index in [1.165, 1.54) is 12.0 Å². The Balaban J connectivity index is 1.85. The van der Waals surface area contributed by atoms with Crippen LogP contribution in [0.15, 0.2) is 30.3 Å². The average Bonchev–Trinajstić information content (AvgIpc) is 2.29. The minimum absolute atomic E-state index is 0.0963. The van der Waals surface area contributed by atoms with Gasteiger partial charge in [0.2, 0.25) is 0 Å². The smallest absolute Gasteiger partial charge is 0.149 e. The van der Waals surface area contributed by atoms with Gasteiger partial charge in [0.05, 0.1) is 6.04 Å². The summed E-state index contributed by atoms with van der Waals surface area (Å²) < 4.78 is 0. The number of carbonyl (C=O) groups is 1. The number of nitrogens with one attached hydrogen (secondary N) is 1. The molecule has 0 radical (unpaired) electrons. The van der Waals surface area contributed by atoms with E-state index in [2.05, 4.69) is 17.4 Å². The number of benzene rings is 1. The van der Waals surface area contributed by atoms with Crippen molar-refractivity contribution in [3.8, 4) is 0 Å². The summed E-state index contributed by atoms with van der Waals surface area (Å²) in [7, 11) is 0. The van der Waals surface area contributed by atoms with E-state index >= 15 is 0 Å². The Morgan fingerprint density at radius 2 is 2.00 bits per heavy atom. The van der Waals surface area contributed by atoms with Crippen molar-refractivity contribution >= 4 is 5.78 Å². The van der Waals surface area contributed by atoms with Gasteiger partial charge in [-0.3, -0.25) is 4.79 Å². The molecule has 1 aliphatic rings. The number of rotatable bonds is 3. The Labute approximate surface area is 90.7 Å². The molecular weight excluding hydrogens is 186 g/mol. The van der Waals surface area contributed by atoms with Crippen LogP contribution in [-0.2, 0) is 11.3 Å². The Kier molecular flexibility index (Phi) is 3.51. The van der Waals surface area contributed by atoms with Gasteiger partial charge >= 0.3 is 0 Å². The van der Waals surface area contributed by atoms with Crippen molar-refractivity contribution in [2.75, 3.05) is 0 Å². The van der Waals surface area contributed by atoms with Gasteiger partial charge in [0.15, 0.2) is 0 Å². The summed E-state index contributed by atoms with van der Waals surface area (Å²) in [5.74, 6) is 0.386. The largest absolute Gasteiger partial charge is 0.303 e. The van der Waals surface area contributed by atoms with Crippen molar-refractivity contribution in [2.24, 2.45) is 0 Å². The van der Waals surface area contributed by atoms with Crippen LogP contribution in [0.5, 0.6) is 0 Å². The molecule has 2 heteroatoms. The van der Waals surface area contributed by atoms with E-state index in [9.17, 15) is 4.79 Å². The van der Waals surface area contributed by atoms with Gasteiger partial charge in [-0.1, -0.05) is 36.8 Å². The predicted octanol–water partition coefficient (Wildman–Crippen LogP) is 2.29. The lowest BCUT2D eigenvalue weighted by Gasteiger charge is -2.21. The van der Waals surface area contributed by atoms with Crippen LogP contribution in [0.25, 0.3) is 0 Å². The highest BCUT2D eigenvalue weighted by atomic mass is 16.1. The molecule has 0 amide bonds. The molecule has 0 aliphatic heterocycles. The van der Waals surface area contributed by atoms with Gasteiger partial charge in [-0.05, 0) is 18.4 Å². The second kappa shape index (κ2) is 5.08. The van der Waals surface area contributed by atoms with Crippen molar-refractivity contribution in [1.82, 2.24) is 5.32 Å². The highest BCUT2D eigenvalue weighted by molar-refractivity contribution is 5.84. The number of carbonyl (C=O) groups excluding carboxylic acids is 1. The Morgan fingerprint density at radius 1 is 1.20 bits per heavy atom. The summed E-state index contributed by atoms with van der Waals surface area (Å²) in [4.78, 5) is 11.6. The molecule has 0 spiro atoms. The van der Waals surface area contributed by atoms with Gasteiger partial charge < -0.3 is 5.32 Å². The van der Waals surface area contributed by atoms with Crippen LogP contribution in [0.2, 0.25) is 0 Å². The van der Waals surface area contributed by atoms with Gasteiger partial charge in [0, 0.05) is 13.0 Å². The molecule has 0 saturated heterocycles. The summed E-state index contributed by atoms with van der Waals surface area (Å²) in [6, 6.07) is 10.3. The molecule has 15 heavy (non-hydrogen) atoms. The maximum absolute atomic E-state index is 11.6. The first kappa shape index (κ1) is 10.4. The molecule has 1 aromatic carbocycles. The zero-order chi connectivity index (χ0) is 10.5. The van der Waals surface area contributed by atoms with Gasteiger partial charge in [0.1, 0.15) is 5.78 Å². The topological polar surface area (TPSA) is 29.1 Å². The molecular formula is C13H17NO. The second-order valence-corrected chi connectivity index (χ2v) is 4.13. The summed E-state index contributed by atoms with van der Waals surface area (Å²) in [5.41, 5.74) is 1.25. The first-order chi connectivity index (χ1) is 7.36. The van der Waals surface area contributed by atoms with E-state index in [-0.39, 0.29) is 6.04 Å². The molecule has 2 nitrogen and oxygen atoms in total. The van der Waals surface area contributed by atoms with Crippen LogP contribution in [0.1, 0.15) is 31.2 Å². The fourth-order valence-electron chi connectivity index (χ4n) is 2.04. The molecule has 1 N–H and O–H groups in total. The minimum atomic E-state index is 0.0963. The van der Waals surface area contributed by atoms with E-state index in [1.807, 2.05) is 18.2 Å². The Hall–Kier alpha value is -1.15. The molecule has 0 aromatic heterocycles. The SMILES string of the molecule is O=C1CCCCC1NCc1ccccc1. The van der Waals surface area contributed by atoms with E-state index in [0.29, 0.717) is 5.78 Å². The van der Waals surface area contributed by atoms with Crippen molar-refractivity contribution in [3.05, 3.63) is 35.9 Å². The van der Waals surface area contributed by atoms with Crippen molar-refractivity contribution in [2.45, 2.75) is 38.3 Å². The molecule has 1 fully saturated rings. The van der Waals surface area contributed by atoms with Crippen LogP contribution in [0.4, 0.5) is 0 Å². The first-order valence-electron chi connectivity index (χ1n) is 5.66. The lowest BCUT2D eigenvalue weighted by Crippen LogP contribution is -2.38. The van der Waals surface area contributed by atoms with Crippen LogP contribution in [0.3, 0.4) is 0 Å². The van der Waals surface area contributed by atoms with E-state index < -0.39 is 0 Å². The molecule has 1 atom stereocenters. The Morgan fingerprint density at radius 3 is 2.73 bits per heavy atom. The van der Waals surface area contributed by atoms with Crippen molar-refractivity contribution < 1.29 is 4.79 Å². The molecule has 1 saturated carbocycles. The van der Waals surface area contributed by atoms with Crippen molar-refractivity contribution in [3.63, 3.8) is 0 Å². The third kappa shape index (κ3) is 2.90.